The van der Waals surface area contributed by atoms with E-state index in [1.165, 1.54) is 36.5 Å². The summed E-state index contributed by atoms with van der Waals surface area (Å²) >= 11 is 7.56. The highest BCUT2D eigenvalue weighted by Crippen LogP contribution is 2.33. The van der Waals surface area contributed by atoms with Crippen LogP contribution in [0.3, 0.4) is 0 Å². The molecule has 6 nitrogen and oxygen atoms in total. The minimum absolute atomic E-state index is 0.0660. The molecule has 2 aromatic heterocycles. The smallest absolute Gasteiger partial charge is 0.344 e. The summed E-state index contributed by atoms with van der Waals surface area (Å²) in [5, 5.41) is 8.45. The Morgan fingerprint density at radius 2 is 2.14 bits per heavy atom. The summed E-state index contributed by atoms with van der Waals surface area (Å²) in [5.41, 5.74) is -0.215. The number of nitrogens with zero attached hydrogens (tertiary/aromatic N) is 1. The Labute approximate surface area is 169 Å². The van der Waals surface area contributed by atoms with Crippen LogP contribution in [0, 0.1) is 12.7 Å². The number of benzene rings is 1. The normalized spacial score (nSPS) is 11.9. The predicted octanol–water partition coefficient (Wildman–Crippen LogP) is 4.54. The number of nitrogens with one attached hydrogen (secondary N) is 1. The van der Waals surface area contributed by atoms with E-state index >= 15 is 0 Å². The van der Waals surface area contributed by atoms with Crippen LogP contribution >= 0.6 is 22.9 Å². The topological polar surface area (TPSA) is 81.4 Å². The van der Waals surface area contributed by atoms with Gasteiger partial charge in [0.15, 0.2) is 6.61 Å². The average molecular weight is 423 g/mol. The largest absolute Gasteiger partial charge is 0.452 e. The molecule has 0 radical (unpaired) electrons. The van der Waals surface area contributed by atoms with Gasteiger partial charge in [0.25, 0.3) is 5.91 Å². The first kappa shape index (κ1) is 20.0. The zero-order valence-electron chi connectivity index (χ0n) is 15.0. The first-order valence-corrected chi connectivity index (χ1v) is 9.54. The first-order chi connectivity index (χ1) is 13.4. The fraction of sp³-hybridized carbons (Fsp3) is 0.211. The number of carbonyl (C=O) groups is 2. The molecule has 0 saturated carbocycles. The fourth-order valence-corrected chi connectivity index (χ4v) is 3.59. The number of hydrogen-bond donors (Lipinski definition) is 1. The number of halogens is 2. The van der Waals surface area contributed by atoms with Crippen molar-refractivity contribution >= 4 is 34.8 Å². The maximum atomic E-state index is 14.2. The number of aromatic nitrogens is 1. The van der Waals surface area contributed by atoms with Crippen molar-refractivity contribution in [3.05, 3.63) is 62.8 Å². The van der Waals surface area contributed by atoms with E-state index < -0.39 is 24.3 Å². The molecule has 28 heavy (non-hydrogen) atoms. The molecule has 3 rings (SSSR count). The number of amides is 1. The quantitative estimate of drug-likeness (QED) is 0.590. The highest BCUT2D eigenvalue weighted by Gasteiger charge is 2.27. The lowest BCUT2D eigenvalue weighted by Crippen LogP contribution is -2.30. The van der Waals surface area contributed by atoms with Crippen LogP contribution < -0.4 is 5.32 Å². The number of esters is 1. The van der Waals surface area contributed by atoms with E-state index in [1.54, 1.807) is 0 Å². The standard InChI is InChI=1S/C19H16ClFN2O4S/c1-10(14-7-4-8-28-14)22-15(24)9-26-19(25)16-11(2)27-23-18(16)17-12(20)5-3-6-13(17)21/h3-8,10H,9H2,1-2H3,(H,22,24). The molecular weight excluding hydrogens is 407 g/mol. The van der Waals surface area contributed by atoms with Crippen LogP contribution in [0.2, 0.25) is 5.02 Å². The molecule has 0 saturated heterocycles. The molecule has 0 bridgehead atoms. The third kappa shape index (κ3) is 4.23. The van der Waals surface area contributed by atoms with E-state index in [2.05, 4.69) is 10.5 Å². The number of hydrogen-bond acceptors (Lipinski definition) is 6. The van der Waals surface area contributed by atoms with Crippen LogP contribution in [-0.2, 0) is 9.53 Å². The Hall–Kier alpha value is -2.71. The second kappa shape index (κ2) is 8.53. The molecule has 1 N–H and O–H groups in total. The van der Waals surface area contributed by atoms with Gasteiger partial charge < -0.3 is 14.6 Å². The SMILES string of the molecule is Cc1onc(-c2c(F)cccc2Cl)c1C(=O)OCC(=O)NC(C)c1cccs1. The molecule has 1 unspecified atom stereocenters. The second-order valence-electron chi connectivity index (χ2n) is 5.94. The summed E-state index contributed by atoms with van der Waals surface area (Å²) in [4.78, 5) is 25.5. The summed E-state index contributed by atoms with van der Waals surface area (Å²) in [6.07, 6.45) is 0. The molecule has 146 valence electrons. The molecule has 2 heterocycles. The zero-order chi connectivity index (χ0) is 20.3. The highest BCUT2D eigenvalue weighted by atomic mass is 35.5. The molecule has 0 aliphatic heterocycles. The fourth-order valence-electron chi connectivity index (χ4n) is 2.60. The Kier molecular flexibility index (Phi) is 6.11. The van der Waals surface area contributed by atoms with Crippen molar-refractivity contribution in [2.24, 2.45) is 0 Å². The lowest BCUT2D eigenvalue weighted by molar-refractivity contribution is -0.124. The van der Waals surface area contributed by atoms with Gasteiger partial charge in [-0.2, -0.15) is 0 Å². The van der Waals surface area contributed by atoms with Gasteiger partial charge >= 0.3 is 5.97 Å². The van der Waals surface area contributed by atoms with Gasteiger partial charge in [-0.05, 0) is 37.4 Å². The van der Waals surface area contributed by atoms with Gasteiger partial charge in [0.1, 0.15) is 22.8 Å². The second-order valence-corrected chi connectivity index (χ2v) is 7.33. The van der Waals surface area contributed by atoms with Crippen molar-refractivity contribution in [3.8, 4) is 11.3 Å². The maximum Gasteiger partial charge on any atom is 0.344 e. The third-order valence-electron chi connectivity index (χ3n) is 3.95. The molecule has 1 amide bonds. The maximum absolute atomic E-state index is 14.2. The first-order valence-electron chi connectivity index (χ1n) is 8.29. The monoisotopic (exact) mass is 422 g/mol. The minimum atomic E-state index is -0.855. The van der Waals surface area contributed by atoms with E-state index in [-0.39, 0.29) is 33.6 Å². The number of carbonyl (C=O) groups excluding carboxylic acids is 2. The molecule has 0 aliphatic rings. The van der Waals surface area contributed by atoms with Crippen LogP contribution in [0.5, 0.6) is 0 Å². The van der Waals surface area contributed by atoms with Crippen molar-refractivity contribution in [1.29, 1.82) is 0 Å². The van der Waals surface area contributed by atoms with E-state index in [1.807, 2.05) is 24.4 Å². The molecular formula is C19H16ClFN2O4S. The third-order valence-corrected chi connectivity index (χ3v) is 5.32. The van der Waals surface area contributed by atoms with E-state index in [4.69, 9.17) is 20.9 Å². The van der Waals surface area contributed by atoms with Gasteiger partial charge in [-0.3, -0.25) is 4.79 Å². The van der Waals surface area contributed by atoms with E-state index in [0.29, 0.717) is 0 Å². The van der Waals surface area contributed by atoms with Gasteiger partial charge in [-0.15, -0.1) is 11.3 Å². The van der Waals surface area contributed by atoms with Gasteiger partial charge in [-0.25, -0.2) is 9.18 Å². The summed E-state index contributed by atoms with van der Waals surface area (Å²) < 4.78 is 24.3. The predicted molar refractivity (Wildman–Crippen MR) is 103 cm³/mol. The zero-order valence-corrected chi connectivity index (χ0v) is 16.6. The van der Waals surface area contributed by atoms with Crippen LogP contribution in [0.25, 0.3) is 11.3 Å². The Balaban J connectivity index is 1.72. The lowest BCUT2D eigenvalue weighted by Gasteiger charge is -2.12. The molecule has 9 heteroatoms. The summed E-state index contributed by atoms with van der Waals surface area (Å²) in [7, 11) is 0. The van der Waals surface area contributed by atoms with Crippen LogP contribution in [0.4, 0.5) is 4.39 Å². The molecule has 3 aromatic rings. The number of thiophene rings is 1. The van der Waals surface area contributed by atoms with Crippen molar-refractivity contribution < 1.29 is 23.2 Å². The average Bonchev–Trinajstić information content (AvgIpc) is 3.30. The van der Waals surface area contributed by atoms with Crippen molar-refractivity contribution in [2.45, 2.75) is 19.9 Å². The minimum Gasteiger partial charge on any atom is -0.452 e. The van der Waals surface area contributed by atoms with Crippen molar-refractivity contribution in [3.63, 3.8) is 0 Å². The molecule has 0 aliphatic carbocycles. The van der Waals surface area contributed by atoms with Gasteiger partial charge in [-0.1, -0.05) is 28.9 Å². The molecule has 1 aromatic carbocycles. The van der Waals surface area contributed by atoms with Crippen LogP contribution in [0.1, 0.15) is 34.0 Å². The number of ether oxygens (including phenoxy) is 1. The lowest BCUT2D eigenvalue weighted by atomic mass is 10.1. The Morgan fingerprint density at radius 1 is 1.36 bits per heavy atom. The number of aryl methyl sites for hydroxylation is 1. The summed E-state index contributed by atoms with van der Waals surface area (Å²) in [5.74, 6) is -1.84. The van der Waals surface area contributed by atoms with E-state index in [9.17, 15) is 14.0 Å². The molecule has 1 atom stereocenters. The van der Waals surface area contributed by atoms with Crippen LogP contribution in [0.15, 0.2) is 40.2 Å². The Bertz CT molecular complexity index is 983. The van der Waals surface area contributed by atoms with Crippen LogP contribution in [-0.4, -0.2) is 23.6 Å². The van der Waals surface area contributed by atoms with Crippen molar-refractivity contribution in [1.82, 2.24) is 10.5 Å². The summed E-state index contributed by atoms with van der Waals surface area (Å²) in [6, 6.07) is 7.67. The van der Waals surface area contributed by atoms with Gasteiger partial charge in [0.2, 0.25) is 0 Å². The molecule has 0 fully saturated rings. The van der Waals surface area contributed by atoms with Gasteiger partial charge in [0.05, 0.1) is 16.6 Å². The highest BCUT2D eigenvalue weighted by molar-refractivity contribution is 7.10. The van der Waals surface area contributed by atoms with E-state index in [0.717, 1.165) is 4.88 Å². The Morgan fingerprint density at radius 3 is 2.82 bits per heavy atom. The summed E-state index contributed by atoms with van der Waals surface area (Å²) in [6.45, 7) is 2.82. The molecule has 0 spiro atoms. The van der Waals surface area contributed by atoms with Crippen molar-refractivity contribution in [2.75, 3.05) is 6.61 Å². The van der Waals surface area contributed by atoms with Gasteiger partial charge in [0, 0.05) is 4.88 Å². The number of rotatable bonds is 6.